The molecule has 1 N–H and O–H groups in total. The third-order valence-corrected chi connectivity index (χ3v) is 1.88. The predicted molar refractivity (Wildman–Crippen MR) is 52.4 cm³/mol. The first kappa shape index (κ1) is 9.08. The van der Waals surface area contributed by atoms with Gasteiger partial charge in [0, 0.05) is 0 Å². The van der Waals surface area contributed by atoms with Crippen LogP contribution in [0.5, 0.6) is 17.6 Å². The van der Waals surface area contributed by atoms with E-state index in [2.05, 4.69) is 20.9 Å². The molecule has 0 spiro atoms. The van der Waals surface area contributed by atoms with Crippen LogP contribution in [0, 0.1) is 0 Å². The van der Waals surface area contributed by atoms with Crippen LogP contribution < -0.4 is 4.74 Å². The van der Waals surface area contributed by atoms with Crippen molar-refractivity contribution in [1.82, 2.24) is 4.98 Å². The molecule has 0 atom stereocenters. The second-order valence-corrected chi connectivity index (χ2v) is 3.32. The summed E-state index contributed by atoms with van der Waals surface area (Å²) in [6.07, 6.45) is 1.48. The second-order valence-electron chi connectivity index (χ2n) is 2.51. The number of halogens is 1. The lowest BCUT2D eigenvalue weighted by molar-refractivity contribution is 0.315. The highest BCUT2D eigenvalue weighted by Crippen LogP contribution is 2.29. The van der Waals surface area contributed by atoms with Crippen molar-refractivity contribution >= 4 is 15.9 Å². The van der Waals surface area contributed by atoms with Gasteiger partial charge in [0.1, 0.15) is 10.9 Å². The fourth-order valence-corrected chi connectivity index (χ4v) is 1.16. The van der Waals surface area contributed by atoms with E-state index in [1.807, 2.05) is 0 Å². The van der Waals surface area contributed by atoms with Crippen molar-refractivity contribution < 1.29 is 14.3 Å². The van der Waals surface area contributed by atoms with Gasteiger partial charge in [-0.3, -0.25) is 0 Å². The first-order chi connectivity index (χ1) is 6.75. The van der Waals surface area contributed by atoms with E-state index in [4.69, 9.17) is 9.15 Å². The Morgan fingerprint density at radius 2 is 2.14 bits per heavy atom. The highest BCUT2D eigenvalue weighted by Gasteiger charge is 2.07. The number of para-hydroxylation sites is 2. The molecule has 0 aliphatic rings. The van der Waals surface area contributed by atoms with Gasteiger partial charge >= 0.3 is 6.08 Å². The molecule has 0 fully saturated rings. The standard InChI is InChI=1S/C9H6BrNO3/c10-8-5-13-9(11-8)14-7-4-2-1-3-6(7)12/h1-5,12H. The van der Waals surface area contributed by atoms with Crippen LogP contribution >= 0.6 is 15.9 Å². The Hall–Kier alpha value is -1.49. The SMILES string of the molecule is Oc1ccccc1Oc1nc(Br)co1. The minimum Gasteiger partial charge on any atom is -0.504 e. The maximum absolute atomic E-state index is 9.37. The fourth-order valence-electron chi connectivity index (χ4n) is 0.923. The summed E-state index contributed by atoms with van der Waals surface area (Å²) in [7, 11) is 0. The van der Waals surface area contributed by atoms with Gasteiger partial charge in [-0.05, 0) is 28.1 Å². The van der Waals surface area contributed by atoms with Gasteiger partial charge in [-0.1, -0.05) is 12.1 Å². The molecule has 1 aromatic carbocycles. The van der Waals surface area contributed by atoms with E-state index in [1.165, 1.54) is 12.3 Å². The molecular formula is C9H6BrNO3. The highest BCUT2D eigenvalue weighted by molar-refractivity contribution is 9.10. The first-order valence-electron chi connectivity index (χ1n) is 3.82. The van der Waals surface area contributed by atoms with Gasteiger partial charge in [0.15, 0.2) is 11.5 Å². The summed E-state index contributed by atoms with van der Waals surface area (Å²) in [5.74, 6) is 0.351. The lowest BCUT2D eigenvalue weighted by Gasteiger charge is -2.01. The Bertz CT molecular complexity index is 441. The van der Waals surface area contributed by atoms with Crippen molar-refractivity contribution in [3.63, 3.8) is 0 Å². The van der Waals surface area contributed by atoms with Crippen molar-refractivity contribution in [2.75, 3.05) is 0 Å². The summed E-state index contributed by atoms with van der Waals surface area (Å²) >= 11 is 3.12. The average molecular weight is 256 g/mol. The van der Waals surface area contributed by atoms with Gasteiger partial charge in [0.05, 0.1) is 0 Å². The molecule has 0 unspecified atom stereocenters. The zero-order valence-corrected chi connectivity index (χ0v) is 8.56. The number of nitrogens with zero attached hydrogens (tertiary/aromatic N) is 1. The van der Waals surface area contributed by atoms with Crippen LogP contribution in [0.15, 0.2) is 39.5 Å². The van der Waals surface area contributed by atoms with Crippen molar-refractivity contribution in [1.29, 1.82) is 0 Å². The number of hydrogen-bond acceptors (Lipinski definition) is 4. The molecule has 0 aliphatic carbocycles. The zero-order valence-electron chi connectivity index (χ0n) is 6.98. The van der Waals surface area contributed by atoms with Gasteiger partial charge < -0.3 is 14.3 Å². The molecule has 1 heterocycles. The second kappa shape index (κ2) is 3.71. The van der Waals surface area contributed by atoms with E-state index in [1.54, 1.807) is 18.2 Å². The summed E-state index contributed by atoms with van der Waals surface area (Å²) in [5.41, 5.74) is 0. The Labute approximate surface area is 88.3 Å². The fraction of sp³-hybridized carbons (Fsp3) is 0. The van der Waals surface area contributed by atoms with E-state index in [0.717, 1.165) is 0 Å². The Morgan fingerprint density at radius 1 is 1.36 bits per heavy atom. The number of aromatic nitrogens is 1. The molecule has 14 heavy (non-hydrogen) atoms. The molecule has 1 aromatic heterocycles. The van der Waals surface area contributed by atoms with E-state index in [9.17, 15) is 5.11 Å². The minimum atomic E-state index is 0.0434. The highest BCUT2D eigenvalue weighted by atomic mass is 79.9. The smallest absolute Gasteiger partial charge is 0.400 e. The molecule has 0 bridgehead atoms. The molecule has 0 amide bonds. The van der Waals surface area contributed by atoms with Crippen LogP contribution in [0.4, 0.5) is 0 Å². The Morgan fingerprint density at radius 3 is 2.79 bits per heavy atom. The quantitative estimate of drug-likeness (QED) is 0.897. The summed E-state index contributed by atoms with van der Waals surface area (Å²) in [5, 5.41) is 9.37. The predicted octanol–water partition coefficient (Wildman–Crippen LogP) is 2.94. The molecule has 0 radical (unpaired) electrons. The number of hydrogen-bond donors (Lipinski definition) is 1. The van der Waals surface area contributed by atoms with Crippen molar-refractivity contribution in [3.05, 3.63) is 35.1 Å². The third-order valence-electron chi connectivity index (χ3n) is 1.52. The Kier molecular flexibility index (Phi) is 2.41. The number of aromatic hydroxyl groups is 1. The van der Waals surface area contributed by atoms with Gasteiger partial charge in [-0.15, -0.1) is 0 Å². The number of oxazole rings is 1. The number of ether oxygens (including phenoxy) is 1. The zero-order chi connectivity index (χ0) is 9.97. The molecule has 5 heteroatoms. The molecule has 2 aromatic rings. The largest absolute Gasteiger partial charge is 0.504 e. The molecule has 72 valence electrons. The number of rotatable bonds is 2. The molecule has 4 nitrogen and oxygen atoms in total. The summed E-state index contributed by atoms with van der Waals surface area (Å²) in [6, 6.07) is 6.58. The topological polar surface area (TPSA) is 55.5 Å². The molecular weight excluding hydrogens is 250 g/mol. The van der Waals surface area contributed by atoms with E-state index in [-0.39, 0.29) is 11.8 Å². The van der Waals surface area contributed by atoms with Crippen LogP contribution in [0.2, 0.25) is 0 Å². The average Bonchev–Trinajstić information content (AvgIpc) is 2.56. The molecule has 0 saturated carbocycles. The van der Waals surface area contributed by atoms with Gasteiger partial charge in [-0.2, -0.15) is 4.98 Å². The van der Waals surface area contributed by atoms with Crippen LogP contribution in [-0.4, -0.2) is 10.1 Å². The molecule has 0 saturated heterocycles. The summed E-state index contributed by atoms with van der Waals surface area (Å²) < 4.78 is 10.6. The minimum absolute atomic E-state index is 0.0434. The van der Waals surface area contributed by atoms with Crippen LogP contribution in [0.3, 0.4) is 0 Å². The maximum atomic E-state index is 9.37. The number of phenolic OH excluding ortho intramolecular Hbond substituents is 1. The first-order valence-corrected chi connectivity index (χ1v) is 4.62. The van der Waals surface area contributed by atoms with Crippen LogP contribution in [-0.2, 0) is 0 Å². The van der Waals surface area contributed by atoms with Gasteiger partial charge in [0.2, 0.25) is 0 Å². The lowest BCUT2D eigenvalue weighted by atomic mass is 10.3. The maximum Gasteiger partial charge on any atom is 0.400 e. The van der Waals surface area contributed by atoms with E-state index >= 15 is 0 Å². The number of phenols is 1. The lowest BCUT2D eigenvalue weighted by Crippen LogP contribution is -1.83. The monoisotopic (exact) mass is 255 g/mol. The van der Waals surface area contributed by atoms with Crippen LogP contribution in [0.1, 0.15) is 0 Å². The number of benzene rings is 1. The Balaban J connectivity index is 2.23. The van der Waals surface area contributed by atoms with Crippen molar-refractivity contribution in [3.8, 4) is 17.6 Å². The normalized spacial score (nSPS) is 10.1. The van der Waals surface area contributed by atoms with Gasteiger partial charge in [-0.25, -0.2) is 0 Å². The van der Waals surface area contributed by atoms with Crippen LogP contribution in [0.25, 0.3) is 0 Å². The molecule has 0 aliphatic heterocycles. The summed E-state index contributed by atoms with van der Waals surface area (Å²) in [6.45, 7) is 0. The van der Waals surface area contributed by atoms with E-state index < -0.39 is 0 Å². The van der Waals surface area contributed by atoms with E-state index in [0.29, 0.717) is 10.4 Å². The third kappa shape index (κ3) is 1.88. The summed E-state index contributed by atoms with van der Waals surface area (Å²) in [4.78, 5) is 3.86. The molecule has 2 rings (SSSR count). The van der Waals surface area contributed by atoms with Gasteiger partial charge in [0.25, 0.3) is 0 Å². The van der Waals surface area contributed by atoms with Crippen molar-refractivity contribution in [2.24, 2.45) is 0 Å². The van der Waals surface area contributed by atoms with Crippen molar-refractivity contribution in [2.45, 2.75) is 0 Å².